The summed E-state index contributed by atoms with van der Waals surface area (Å²) < 4.78 is 12.8. The van der Waals surface area contributed by atoms with Crippen LogP contribution in [-0.4, -0.2) is 10.1 Å². The van der Waals surface area contributed by atoms with E-state index in [2.05, 4.69) is 4.98 Å². The number of rotatable bonds is 0. The van der Waals surface area contributed by atoms with Crippen LogP contribution in [0.15, 0.2) is 29.2 Å². The van der Waals surface area contributed by atoms with E-state index in [1.807, 2.05) is 0 Å². The van der Waals surface area contributed by atoms with Crippen molar-refractivity contribution in [3.63, 3.8) is 0 Å². The third kappa shape index (κ3) is 1.16. The lowest BCUT2D eigenvalue weighted by atomic mass is 10.1. The molecule has 1 aromatic carbocycles. The van der Waals surface area contributed by atoms with Crippen LogP contribution in [0, 0.1) is 5.82 Å². The van der Waals surface area contributed by atoms with Crippen LogP contribution < -0.4 is 5.56 Å². The summed E-state index contributed by atoms with van der Waals surface area (Å²) in [6, 6.07) is 3.83. The molecule has 4 heteroatoms. The smallest absolute Gasteiger partial charge is 0.255 e. The molecule has 2 aromatic rings. The highest BCUT2D eigenvalue weighted by Crippen LogP contribution is 2.20. The molecule has 3 nitrogen and oxygen atoms in total. The molecule has 0 aliphatic carbocycles. The van der Waals surface area contributed by atoms with E-state index in [9.17, 15) is 9.18 Å². The predicted octanol–water partition coefficient (Wildman–Crippen LogP) is 1.37. The fourth-order valence-electron chi connectivity index (χ4n) is 1.20. The largest absolute Gasteiger partial charge is 0.505 e. The van der Waals surface area contributed by atoms with Gasteiger partial charge in [0.05, 0.1) is 5.39 Å². The van der Waals surface area contributed by atoms with Crippen molar-refractivity contribution < 1.29 is 9.50 Å². The summed E-state index contributed by atoms with van der Waals surface area (Å²) >= 11 is 0. The number of nitrogens with one attached hydrogen (secondary N) is 1. The third-order valence-corrected chi connectivity index (χ3v) is 1.84. The molecule has 1 heterocycles. The molecule has 0 fully saturated rings. The lowest BCUT2D eigenvalue weighted by molar-refractivity contribution is 0.433. The number of aromatic amines is 1. The minimum atomic E-state index is -0.788. The average molecular weight is 179 g/mol. The van der Waals surface area contributed by atoms with Gasteiger partial charge in [0.2, 0.25) is 0 Å². The van der Waals surface area contributed by atoms with Gasteiger partial charge in [-0.3, -0.25) is 4.79 Å². The van der Waals surface area contributed by atoms with Crippen LogP contribution in [0.4, 0.5) is 4.39 Å². The summed E-state index contributed by atoms with van der Waals surface area (Å²) in [5.41, 5.74) is -0.364. The number of phenolic OH excluding ortho intramolecular Hbond substituents is 1. The van der Waals surface area contributed by atoms with E-state index >= 15 is 0 Å². The molecule has 0 atom stereocenters. The van der Waals surface area contributed by atoms with Gasteiger partial charge in [-0.05, 0) is 23.6 Å². The topological polar surface area (TPSA) is 53.1 Å². The zero-order chi connectivity index (χ0) is 9.42. The summed E-state index contributed by atoms with van der Waals surface area (Å²) in [4.78, 5) is 13.6. The van der Waals surface area contributed by atoms with Crippen molar-refractivity contribution >= 4 is 10.8 Å². The molecule has 1 aromatic heterocycles. The first-order chi connectivity index (χ1) is 6.18. The summed E-state index contributed by atoms with van der Waals surface area (Å²) in [5, 5.41) is 9.77. The lowest BCUT2D eigenvalue weighted by Crippen LogP contribution is -2.04. The molecule has 0 amide bonds. The maximum Gasteiger partial charge on any atom is 0.255 e. The highest BCUT2D eigenvalue weighted by Gasteiger charge is 2.04. The Morgan fingerprint density at radius 2 is 2.15 bits per heavy atom. The van der Waals surface area contributed by atoms with Gasteiger partial charge in [0.1, 0.15) is 0 Å². The van der Waals surface area contributed by atoms with E-state index in [1.165, 1.54) is 12.3 Å². The van der Waals surface area contributed by atoms with Crippen LogP contribution in [0.25, 0.3) is 10.8 Å². The van der Waals surface area contributed by atoms with Gasteiger partial charge in [0, 0.05) is 6.20 Å². The van der Waals surface area contributed by atoms with Crippen molar-refractivity contribution in [1.29, 1.82) is 0 Å². The number of phenols is 1. The Morgan fingerprint density at radius 1 is 1.38 bits per heavy atom. The standard InChI is InChI=1S/C9H6FNO2/c10-7-4-6-5(3-8(7)12)1-2-11-9(6)13/h1-4,12H,(H,11,13). The van der Waals surface area contributed by atoms with Crippen molar-refractivity contribution in [2.24, 2.45) is 0 Å². The minimum absolute atomic E-state index is 0.234. The molecular formula is C9H6FNO2. The summed E-state index contributed by atoms with van der Waals surface area (Å²) in [7, 11) is 0. The van der Waals surface area contributed by atoms with Crippen molar-refractivity contribution in [2.75, 3.05) is 0 Å². The van der Waals surface area contributed by atoms with Crippen molar-refractivity contribution in [2.45, 2.75) is 0 Å². The van der Waals surface area contributed by atoms with Crippen LogP contribution in [0.5, 0.6) is 5.75 Å². The van der Waals surface area contributed by atoms with E-state index in [-0.39, 0.29) is 10.9 Å². The molecule has 0 saturated carbocycles. The van der Waals surface area contributed by atoms with Crippen molar-refractivity contribution in [1.82, 2.24) is 4.98 Å². The number of hydrogen-bond acceptors (Lipinski definition) is 2. The molecule has 13 heavy (non-hydrogen) atoms. The van der Waals surface area contributed by atoms with Crippen LogP contribution in [-0.2, 0) is 0 Å². The molecule has 2 rings (SSSR count). The summed E-state index contributed by atoms with van der Waals surface area (Å²) in [6.45, 7) is 0. The third-order valence-electron chi connectivity index (χ3n) is 1.84. The number of pyridine rings is 1. The molecule has 0 aliphatic heterocycles. The predicted molar refractivity (Wildman–Crippen MR) is 46.2 cm³/mol. The van der Waals surface area contributed by atoms with Gasteiger partial charge >= 0.3 is 0 Å². The van der Waals surface area contributed by atoms with Crippen LogP contribution in [0.2, 0.25) is 0 Å². The van der Waals surface area contributed by atoms with E-state index in [0.29, 0.717) is 5.39 Å². The van der Waals surface area contributed by atoms with Crippen molar-refractivity contribution in [3.8, 4) is 5.75 Å². The van der Waals surface area contributed by atoms with Gasteiger partial charge < -0.3 is 10.1 Å². The van der Waals surface area contributed by atoms with E-state index in [4.69, 9.17) is 5.11 Å². The fourth-order valence-corrected chi connectivity index (χ4v) is 1.20. The Kier molecular flexibility index (Phi) is 1.55. The molecule has 0 bridgehead atoms. The van der Waals surface area contributed by atoms with Crippen molar-refractivity contribution in [3.05, 3.63) is 40.6 Å². The molecule has 0 radical (unpaired) electrons. The Morgan fingerprint density at radius 3 is 2.92 bits per heavy atom. The Labute approximate surface area is 72.5 Å². The van der Waals surface area contributed by atoms with Gasteiger partial charge in [-0.15, -0.1) is 0 Å². The fraction of sp³-hybridized carbons (Fsp3) is 0. The quantitative estimate of drug-likeness (QED) is 0.641. The molecule has 66 valence electrons. The van der Waals surface area contributed by atoms with Gasteiger partial charge in [0.25, 0.3) is 5.56 Å². The highest BCUT2D eigenvalue weighted by atomic mass is 19.1. The molecule has 0 saturated heterocycles. The summed E-state index contributed by atoms with van der Waals surface area (Å²) in [6.07, 6.45) is 1.45. The molecule has 0 unspecified atom stereocenters. The molecule has 2 N–H and O–H groups in total. The number of halogens is 1. The number of hydrogen-bond donors (Lipinski definition) is 2. The second-order valence-electron chi connectivity index (χ2n) is 2.70. The van der Waals surface area contributed by atoms with Gasteiger partial charge in [-0.2, -0.15) is 0 Å². The van der Waals surface area contributed by atoms with Crippen LogP contribution >= 0.6 is 0 Å². The molecular weight excluding hydrogens is 173 g/mol. The Hall–Kier alpha value is -1.84. The van der Waals surface area contributed by atoms with E-state index < -0.39 is 11.6 Å². The zero-order valence-electron chi connectivity index (χ0n) is 6.54. The Bertz CT molecular complexity index is 518. The number of fused-ring (bicyclic) bond motifs is 1. The van der Waals surface area contributed by atoms with Crippen LogP contribution in [0.3, 0.4) is 0 Å². The first kappa shape index (κ1) is 7.79. The maximum atomic E-state index is 12.8. The number of H-pyrrole nitrogens is 1. The second-order valence-corrected chi connectivity index (χ2v) is 2.70. The average Bonchev–Trinajstić information content (AvgIpc) is 2.09. The van der Waals surface area contributed by atoms with Crippen LogP contribution in [0.1, 0.15) is 0 Å². The van der Waals surface area contributed by atoms with E-state index in [0.717, 1.165) is 6.07 Å². The van der Waals surface area contributed by atoms with Gasteiger partial charge in [0.15, 0.2) is 11.6 Å². The number of aromatic hydroxyl groups is 1. The number of aromatic nitrogens is 1. The maximum absolute atomic E-state index is 12.8. The van der Waals surface area contributed by atoms with E-state index in [1.54, 1.807) is 6.07 Å². The van der Waals surface area contributed by atoms with Gasteiger partial charge in [-0.1, -0.05) is 0 Å². The summed E-state index contributed by atoms with van der Waals surface area (Å²) in [5.74, 6) is -1.23. The normalized spacial score (nSPS) is 10.5. The monoisotopic (exact) mass is 179 g/mol. The lowest BCUT2D eigenvalue weighted by Gasteiger charge is -1.98. The number of benzene rings is 1. The SMILES string of the molecule is O=c1[nH]ccc2cc(O)c(F)cc12. The Balaban J connectivity index is 2.97. The second kappa shape index (κ2) is 2.58. The molecule has 0 aliphatic rings. The minimum Gasteiger partial charge on any atom is -0.505 e. The highest BCUT2D eigenvalue weighted by molar-refractivity contribution is 5.82. The zero-order valence-corrected chi connectivity index (χ0v) is 6.54. The van der Waals surface area contributed by atoms with Gasteiger partial charge in [-0.25, -0.2) is 4.39 Å². The first-order valence-electron chi connectivity index (χ1n) is 3.68. The molecule has 0 spiro atoms. The first-order valence-corrected chi connectivity index (χ1v) is 3.68.